The van der Waals surface area contributed by atoms with Gasteiger partial charge in [0.1, 0.15) is 12.3 Å². The molecule has 3 amide bonds. The number of amides is 3. The zero-order valence-electron chi connectivity index (χ0n) is 8.35. The lowest BCUT2D eigenvalue weighted by Crippen LogP contribution is -2.36. The Morgan fingerprint density at radius 3 is 2.82 bits per heavy atom. The SMILES string of the molecule is O=C1CN(N=Cc2ccco2)C(=O)N1[N+](=O)[O-]. The maximum Gasteiger partial charge on any atom is 0.408 e. The summed E-state index contributed by atoms with van der Waals surface area (Å²) in [6, 6.07) is 2.10. The minimum atomic E-state index is -1.09. The van der Waals surface area contributed by atoms with Gasteiger partial charge >= 0.3 is 11.9 Å². The normalized spacial score (nSPS) is 16.2. The monoisotopic (exact) mass is 238 g/mol. The van der Waals surface area contributed by atoms with Crippen molar-refractivity contribution in [3.05, 3.63) is 34.3 Å². The molecule has 9 nitrogen and oxygen atoms in total. The lowest BCUT2D eigenvalue weighted by Gasteiger charge is -2.04. The molecule has 0 aliphatic carbocycles. The van der Waals surface area contributed by atoms with Crippen LogP contribution in [0.1, 0.15) is 5.76 Å². The zero-order valence-corrected chi connectivity index (χ0v) is 8.35. The van der Waals surface area contributed by atoms with Gasteiger partial charge in [0.25, 0.3) is 0 Å². The Kier molecular flexibility index (Phi) is 2.57. The number of furan rings is 1. The number of hydrazone groups is 1. The van der Waals surface area contributed by atoms with E-state index in [0.717, 1.165) is 0 Å². The van der Waals surface area contributed by atoms with Crippen LogP contribution in [0.5, 0.6) is 0 Å². The highest BCUT2D eigenvalue weighted by Crippen LogP contribution is 2.10. The minimum Gasteiger partial charge on any atom is -0.463 e. The molecular weight excluding hydrogens is 232 g/mol. The topological polar surface area (TPSA) is 109 Å². The van der Waals surface area contributed by atoms with Gasteiger partial charge < -0.3 is 4.42 Å². The number of carbonyl (C=O) groups excluding carboxylic acids is 2. The number of rotatable bonds is 3. The third kappa shape index (κ3) is 1.97. The number of hydrogen-bond acceptors (Lipinski definition) is 6. The summed E-state index contributed by atoms with van der Waals surface area (Å²) in [5, 5.41) is 13.5. The van der Waals surface area contributed by atoms with Crippen LogP contribution in [0, 0.1) is 10.1 Å². The molecule has 1 aliphatic heterocycles. The van der Waals surface area contributed by atoms with Crippen LogP contribution in [0.3, 0.4) is 0 Å². The summed E-state index contributed by atoms with van der Waals surface area (Å²) >= 11 is 0. The minimum absolute atomic E-state index is 0.0839. The molecule has 88 valence electrons. The Hall–Kier alpha value is -2.71. The zero-order chi connectivity index (χ0) is 12.4. The standard InChI is InChI=1S/C8H6N4O5/c13-7-5-10(8(14)11(7)12(15)16)9-4-6-2-1-3-17-6/h1-4H,5H2. The van der Waals surface area contributed by atoms with Crippen molar-refractivity contribution in [2.24, 2.45) is 5.10 Å². The summed E-state index contributed by atoms with van der Waals surface area (Å²) in [4.78, 5) is 32.9. The number of carbonyl (C=O) groups is 2. The van der Waals surface area contributed by atoms with Gasteiger partial charge in [-0.1, -0.05) is 0 Å². The van der Waals surface area contributed by atoms with Gasteiger partial charge in [-0.05, 0) is 12.1 Å². The van der Waals surface area contributed by atoms with Gasteiger partial charge in [-0.2, -0.15) is 5.10 Å². The Balaban J connectivity index is 2.12. The number of hydrogen-bond donors (Lipinski definition) is 0. The van der Waals surface area contributed by atoms with Crippen LogP contribution in [0.2, 0.25) is 0 Å². The molecule has 1 fully saturated rings. The highest BCUT2D eigenvalue weighted by atomic mass is 16.7. The van der Waals surface area contributed by atoms with E-state index in [2.05, 4.69) is 5.10 Å². The van der Waals surface area contributed by atoms with Crippen molar-refractivity contribution in [2.75, 3.05) is 6.54 Å². The molecule has 0 saturated carbocycles. The van der Waals surface area contributed by atoms with Crippen LogP contribution < -0.4 is 0 Å². The van der Waals surface area contributed by atoms with Crippen molar-refractivity contribution in [1.29, 1.82) is 0 Å². The van der Waals surface area contributed by atoms with E-state index in [0.29, 0.717) is 10.8 Å². The third-order valence-electron chi connectivity index (χ3n) is 1.95. The summed E-state index contributed by atoms with van der Waals surface area (Å²) in [5.74, 6) is -0.568. The second kappa shape index (κ2) is 4.04. The molecule has 0 unspecified atom stereocenters. The fourth-order valence-electron chi connectivity index (χ4n) is 1.22. The molecule has 1 aliphatic rings. The predicted octanol–water partition coefficient (Wildman–Crippen LogP) is 0.0694. The molecule has 0 bridgehead atoms. The number of hydrazine groups is 1. The van der Waals surface area contributed by atoms with Crippen molar-refractivity contribution < 1.29 is 19.0 Å². The maximum atomic E-state index is 11.4. The van der Waals surface area contributed by atoms with Gasteiger partial charge in [0.2, 0.25) is 0 Å². The number of imide groups is 1. The van der Waals surface area contributed by atoms with Gasteiger partial charge in [-0.25, -0.2) is 19.9 Å². The first-order valence-corrected chi connectivity index (χ1v) is 4.46. The molecule has 1 aromatic rings. The first kappa shape index (κ1) is 10.8. The van der Waals surface area contributed by atoms with Crippen LogP contribution >= 0.6 is 0 Å². The van der Waals surface area contributed by atoms with E-state index in [4.69, 9.17) is 4.42 Å². The molecule has 2 heterocycles. The van der Waals surface area contributed by atoms with E-state index in [1.165, 1.54) is 12.5 Å². The molecule has 0 spiro atoms. The Labute approximate surface area is 94.0 Å². The van der Waals surface area contributed by atoms with Gasteiger partial charge in [-0.15, -0.1) is 0 Å². The predicted molar refractivity (Wildman–Crippen MR) is 52.2 cm³/mol. The molecule has 0 atom stereocenters. The molecule has 1 saturated heterocycles. The highest BCUT2D eigenvalue weighted by molar-refractivity contribution is 6.00. The fourth-order valence-corrected chi connectivity index (χ4v) is 1.22. The molecule has 0 radical (unpaired) electrons. The highest BCUT2D eigenvalue weighted by Gasteiger charge is 2.45. The number of nitrogens with zero attached hydrogens (tertiary/aromatic N) is 4. The molecular formula is C8H6N4O5. The van der Waals surface area contributed by atoms with Crippen LogP contribution in [-0.2, 0) is 4.79 Å². The average Bonchev–Trinajstić information content (AvgIpc) is 2.84. The van der Waals surface area contributed by atoms with Crippen molar-refractivity contribution in [3.63, 3.8) is 0 Å². The third-order valence-corrected chi connectivity index (χ3v) is 1.95. The summed E-state index contributed by atoms with van der Waals surface area (Å²) in [5.41, 5.74) is 0. The Morgan fingerprint density at radius 2 is 2.29 bits per heavy atom. The van der Waals surface area contributed by atoms with E-state index in [-0.39, 0.29) is 5.01 Å². The first-order valence-electron chi connectivity index (χ1n) is 4.46. The van der Waals surface area contributed by atoms with E-state index in [1.54, 1.807) is 12.1 Å². The van der Waals surface area contributed by atoms with Crippen LogP contribution in [-0.4, -0.2) is 39.7 Å². The smallest absolute Gasteiger partial charge is 0.408 e. The second-order valence-corrected chi connectivity index (χ2v) is 3.04. The van der Waals surface area contributed by atoms with Crippen LogP contribution in [0.25, 0.3) is 0 Å². The summed E-state index contributed by atoms with van der Waals surface area (Å²) in [6.07, 6.45) is 2.59. The van der Waals surface area contributed by atoms with Crippen LogP contribution in [0.15, 0.2) is 27.9 Å². The maximum absolute atomic E-state index is 11.4. The van der Waals surface area contributed by atoms with E-state index >= 15 is 0 Å². The molecule has 1 aromatic heterocycles. The first-order chi connectivity index (χ1) is 8.09. The summed E-state index contributed by atoms with van der Waals surface area (Å²) < 4.78 is 4.91. The lowest BCUT2D eigenvalue weighted by atomic mass is 10.5. The van der Waals surface area contributed by atoms with E-state index in [1.807, 2.05) is 0 Å². The van der Waals surface area contributed by atoms with Crippen molar-refractivity contribution in [3.8, 4) is 0 Å². The van der Waals surface area contributed by atoms with E-state index in [9.17, 15) is 19.7 Å². The van der Waals surface area contributed by atoms with Gasteiger partial charge in [0.15, 0.2) is 5.03 Å². The summed E-state index contributed by atoms with van der Waals surface area (Å²) in [6.45, 7) is -0.461. The largest absolute Gasteiger partial charge is 0.463 e. The van der Waals surface area contributed by atoms with E-state index < -0.39 is 23.5 Å². The lowest BCUT2D eigenvalue weighted by molar-refractivity contribution is -0.611. The van der Waals surface area contributed by atoms with Gasteiger partial charge in [0.05, 0.1) is 12.5 Å². The van der Waals surface area contributed by atoms with Crippen LogP contribution in [0.4, 0.5) is 4.79 Å². The molecule has 0 N–H and O–H groups in total. The number of urea groups is 1. The average molecular weight is 238 g/mol. The molecule has 17 heavy (non-hydrogen) atoms. The molecule has 2 rings (SSSR count). The molecule has 9 heteroatoms. The molecule has 0 aromatic carbocycles. The Bertz CT molecular complexity index is 494. The van der Waals surface area contributed by atoms with Crippen molar-refractivity contribution >= 4 is 18.2 Å². The van der Waals surface area contributed by atoms with Crippen molar-refractivity contribution in [1.82, 2.24) is 10.0 Å². The quantitative estimate of drug-likeness (QED) is 0.320. The number of nitro groups is 1. The van der Waals surface area contributed by atoms with Crippen molar-refractivity contribution in [2.45, 2.75) is 0 Å². The fraction of sp³-hybridized carbons (Fsp3) is 0.125. The van der Waals surface area contributed by atoms with Gasteiger partial charge in [0, 0.05) is 5.01 Å². The Morgan fingerprint density at radius 1 is 1.53 bits per heavy atom. The summed E-state index contributed by atoms with van der Waals surface area (Å²) in [7, 11) is 0. The van der Waals surface area contributed by atoms with Gasteiger partial charge in [-0.3, -0.25) is 4.79 Å². The second-order valence-electron chi connectivity index (χ2n) is 3.04.